The first-order valence-electron chi connectivity index (χ1n) is 20.0. The van der Waals surface area contributed by atoms with Crippen LogP contribution in [0.3, 0.4) is 0 Å². The summed E-state index contributed by atoms with van der Waals surface area (Å²) in [5.74, 6) is 0. The van der Waals surface area contributed by atoms with Crippen LogP contribution in [0, 0.1) is 0 Å². The molecule has 0 unspecified atom stereocenters. The van der Waals surface area contributed by atoms with E-state index in [1.165, 1.54) is 103 Å². The molecule has 0 bridgehead atoms. The fourth-order valence-corrected chi connectivity index (χ4v) is 9.06. The zero-order valence-electron chi connectivity index (χ0n) is 32.5. The maximum absolute atomic E-state index is 11.8. The van der Waals surface area contributed by atoms with Gasteiger partial charge in [0.15, 0.2) is 0 Å². The molecule has 0 heterocycles. The SMILES string of the molecule is CCCCCCCCCCCCc1ccc2ccccc2c1S(=O)(=O)[O-].CCCCCCCCCCCCc1ccc2ccccc2c1S(=O)(=O)[O-].[Ca+2]. The second-order valence-corrected chi connectivity index (χ2v) is 17.0. The maximum Gasteiger partial charge on any atom is 2.00 e. The third-order valence-electron chi connectivity index (χ3n) is 10.0. The van der Waals surface area contributed by atoms with Crippen LogP contribution in [0.2, 0.25) is 0 Å². The van der Waals surface area contributed by atoms with Gasteiger partial charge in [-0.2, -0.15) is 0 Å². The van der Waals surface area contributed by atoms with Gasteiger partial charge in [-0.1, -0.05) is 202 Å². The summed E-state index contributed by atoms with van der Waals surface area (Å²) in [5, 5.41) is 2.70. The molecule has 0 aromatic heterocycles. The van der Waals surface area contributed by atoms with Crippen molar-refractivity contribution in [3.8, 4) is 0 Å². The minimum atomic E-state index is -4.47. The van der Waals surface area contributed by atoms with Gasteiger partial charge in [0.2, 0.25) is 0 Å². The molecule has 4 aromatic carbocycles. The van der Waals surface area contributed by atoms with Crippen molar-refractivity contribution in [3.05, 3.63) is 83.9 Å². The number of hydrogen-bond acceptors (Lipinski definition) is 6. The Morgan fingerprint density at radius 3 is 0.981 bits per heavy atom. The van der Waals surface area contributed by atoms with Crippen LogP contribution in [0.4, 0.5) is 0 Å². The molecule has 0 atom stereocenters. The summed E-state index contributed by atoms with van der Waals surface area (Å²) >= 11 is 0. The summed E-state index contributed by atoms with van der Waals surface area (Å²) < 4.78 is 70.8. The van der Waals surface area contributed by atoms with E-state index in [1.807, 2.05) is 36.4 Å². The van der Waals surface area contributed by atoms with Crippen molar-refractivity contribution in [3.63, 3.8) is 0 Å². The van der Waals surface area contributed by atoms with E-state index in [4.69, 9.17) is 0 Å². The van der Waals surface area contributed by atoms with Crippen molar-refractivity contribution in [1.82, 2.24) is 0 Å². The number of benzene rings is 4. The molecule has 0 aliphatic heterocycles. The molecule has 0 radical (unpaired) electrons. The molecule has 4 rings (SSSR count). The molecule has 4 aromatic rings. The fraction of sp³-hybridized carbons (Fsp3) is 0.545. The van der Waals surface area contributed by atoms with Gasteiger partial charge in [0, 0.05) is 0 Å². The normalized spacial score (nSPS) is 11.7. The van der Waals surface area contributed by atoms with E-state index in [0.717, 1.165) is 36.5 Å². The Morgan fingerprint density at radius 2 is 0.679 bits per heavy atom. The second kappa shape index (κ2) is 26.4. The standard InChI is InChI=1S/2C22H32O3S.Ca/c2*1-2-3-4-5-6-7-8-9-10-11-15-20-18-17-19-14-12-13-16-21(19)22(20)26(23,24)25;/h2*12-14,16-18H,2-11,15H2,1H3,(H,23,24,25);/q;;+2/p-2. The van der Waals surface area contributed by atoms with Crippen LogP contribution >= 0.6 is 0 Å². The Bertz CT molecular complexity index is 1700. The first-order valence-corrected chi connectivity index (χ1v) is 22.8. The van der Waals surface area contributed by atoms with Crippen molar-refractivity contribution < 1.29 is 25.9 Å². The summed E-state index contributed by atoms with van der Waals surface area (Å²) in [7, 11) is -8.95. The summed E-state index contributed by atoms with van der Waals surface area (Å²) in [4.78, 5) is -0.0435. The van der Waals surface area contributed by atoms with Crippen molar-refractivity contribution in [1.29, 1.82) is 0 Å². The predicted molar refractivity (Wildman–Crippen MR) is 221 cm³/mol. The summed E-state index contributed by atoms with van der Waals surface area (Å²) in [6.45, 7) is 4.47. The van der Waals surface area contributed by atoms with Crippen LogP contribution in [-0.4, -0.2) is 63.7 Å². The third-order valence-corrected chi connectivity index (χ3v) is 12.0. The molecule has 0 fully saturated rings. The van der Waals surface area contributed by atoms with Crippen LogP contribution in [0.25, 0.3) is 21.5 Å². The van der Waals surface area contributed by atoms with Crippen molar-refractivity contribution in [2.24, 2.45) is 0 Å². The van der Waals surface area contributed by atoms with E-state index in [1.54, 1.807) is 36.4 Å². The van der Waals surface area contributed by atoms with Gasteiger partial charge >= 0.3 is 37.7 Å². The molecule has 288 valence electrons. The maximum atomic E-state index is 11.8. The minimum absolute atomic E-state index is 0. The van der Waals surface area contributed by atoms with Gasteiger partial charge in [0.25, 0.3) is 0 Å². The van der Waals surface area contributed by atoms with Gasteiger partial charge < -0.3 is 9.11 Å². The Balaban J connectivity index is 0.000000360. The number of hydrogen-bond donors (Lipinski definition) is 0. The monoisotopic (exact) mass is 790 g/mol. The summed E-state index contributed by atoms with van der Waals surface area (Å²) in [6, 6.07) is 21.8. The van der Waals surface area contributed by atoms with Gasteiger partial charge in [0.1, 0.15) is 20.2 Å². The van der Waals surface area contributed by atoms with Crippen molar-refractivity contribution in [2.45, 2.75) is 165 Å². The zero-order chi connectivity index (χ0) is 37.7. The molecule has 6 nitrogen and oxygen atoms in total. The third kappa shape index (κ3) is 17.4. The molecule has 0 spiro atoms. The van der Waals surface area contributed by atoms with Gasteiger partial charge in [-0.3, -0.25) is 0 Å². The Morgan fingerprint density at radius 1 is 0.396 bits per heavy atom. The van der Waals surface area contributed by atoms with E-state index in [9.17, 15) is 25.9 Å². The average molecular weight is 791 g/mol. The molecule has 0 amide bonds. The van der Waals surface area contributed by atoms with Gasteiger partial charge in [0.05, 0.1) is 9.79 Å². The van der Waals surface area contributed by atoms with Gasteiger partial charge in [-0.15, -0.1) is 0 Å². The number of rotatable bonds is 24. The average Bonchev–Trinajstić information content (AvgIpc) is 3.12. The van der Waals surface area contributed by atoms with E-state index in [2.05, 4.69) is 13.8 Å². The Labute approximate surface area is 351 Å². The Kier molecular flexibility index (Phi) is 23.7. The molecular weight excluding hydrogens is 729 g/mol. The first-order chi connectivity index (χ1) is 25.1. The van der Waals surface area contributed by atoms with E-state index in [0.29, 0.717) is 34.7 Å². The predicted octanol–water partition coefficient (Wildman–Crippen LogP) is 12.0. The smallest absolute Gasteiger partial charge is 0.744 e. The Hall–Kier alpha value is -1.52. The molecule has 53 heavy (non-hydrogen) atoms. The topological polar surface area (TPSA) is 114 Å². The zero-order valence-corrected chi connectivity index (χ0v) is 36.3. The molecule has 0 saturated carbocycles. The number of aryl methyl sites for hydroxylation is 2. The molecule has 0 aliphatic rings. The van der Waals surface area contributed by atoms with Crippen LogP contribution in [0.5, 0.6) is 0 Å². The van der Waals surface area contributed by atoms with Crippen molar-refractivity contribution >= 4 is 79.5 Å². The molecule has 0 aliphatic carbocycles. The molecule has 0 N–H and O–H groups in total. The number of unbranched alkanes of at least 4 members (excludes halogenated alkanes) is 18. The van der Waals surface area contributed by atoms with Crippen LogP contribution in [-0.2, 0) is 33.1 Å². The summed E-state index contributed by atoms with van der Waals surface area (Å²) in [5.41, 5.74) is 1.33. The minimum Gasteiger partial charge on any atom is -0.744 e. The summed E-state index contributed by atoms with van der Waals surface area (Å²) in [6.07, 6.45) is 26.1. The van der Waals surface area contributed by atoms with Crippen LogP contribution < -0.4 is 0 Å². The van der Waals surface area contributed by atoms with Crippen LogP contribution in [0.1, 0.15) is 153 Å². The quantitative estimate of drug-likeness (QED) is 0.0396. The van der Waals surface area contributed by atoms with E-state index >= 15 is 0 Å². The van der Waals surface area contributed by atoms with E-state index in [-0.39, 0.29) is 47.5 Å². The van der Waals surface area contributed by atoms with Gasteiger partial charge in [-0.05, 0) is 58.4 Å². The molecule has 9 heteroatoms. The molecular formula is C44H62CaO6S2. The van der Waals surface area contributed by atoms with Gasteiger partial charge in [-0.25, -0.2) is 16.8 Å². The molecule has 0 saturated heterocycles. The first kappa shape index (κ1) is 47.6. The second-order valence-electron chi connectivity index (χ2n) is 14.3. The fourth-order valence-electron chi connectivity index (χ4n) is 7.17. The van der Waals surface area contributed by atoms with E-state index < -0.39 is 20.2 Å². The number of fused-ring (bicyclic) bond motifs is 2. The van der Waals surface area contributed by atoms with Crippen LogP contribution in [0.15, 0.2) is 82.6 Å². The van der Waals surface area contributed by atoms with Crippen molar-refractivity contribution in [2.75, 3.05) is 0 Å². The largest absolute Gasteiger partial charge is 2.00 e.